The molecule has 0 bridgehead atoms. The maximum atomic E-state index is 9.89. The second kappa shape index (κ2) is 3.06. The average Bonchev–Trinajstić information content (AvgIpc) is 2.31. The van der Waals surface area contributed by atoms with E-state index in [-0.39, 0.29) is 0 Å². The monoisotopic (exact) mass is 138 g/mol. The van der Waals surface area contributed by atoms with Gasteiger partial charge in [0.15, 0.2) is 0 Å². The van der Waals surface area contributed by atoms with E-state index in [0.717, 1.165) is 5.69 Å². The van der Waals surface area contributed by atoms with Crippen molar-refractivity contribution >= 4 is 6.41 Å². The van der Waals surface area contributed by atoms with Crippen LogP contribution in [-0.4, -0.2) is 11.0 Å². The van der Waals surface area contributed by atoms with E-state index in [9.17, 15) is 4.79 Å². The van der Waals surface area contributed by atoms with Crippen molar-refractivity contribution in [2.75, 3.05) is 0 Å². The summed E-state index contributed by atoms with van der Waals surface area (Å²) in [6.07, 6.45) is 2.65. The fraction of sp³-hybridized carbons (Fsp3) is 0.286. The standard InChI is InChI=1S/C7H10N2O/c1-9-4-2-3-7(9)5-8-6-10/h2-4,6H,5H2,1H3,(H,8,10). The molecule has 54 valence electrons. The maximum absolute atomic E-state index is 9.89. The number of nitrogens with zero attached hydrogens (tertiary/aromatic N) is 1. The van der Waals surface area contributed by atoms with E-state index < -0.39 is 0 Å². The third-order valence-electron chi connectivity index (χ3n) is 1.42. The van der Waals surface area contributed by atoms with Crippen LogP contribution in [0.4, 0.5) is 0 Å². The molecule has 0 atom stereocenters. The van der Waals surface area contributed by atoms with Crippen LogP contribution in [0.1, 0.15) is 5.69 Å². The van der Waals surface area contributed by atoms with E-state index in [2.05, 4.69) is 5.32 Å². The lowest BCUT2D eigenvalue weighted by Gasteiger charge is -1.99. The molecular formula is C7H10N2O. The molecule has 0 unspecified atom stereocenters. The lowest BCUT2D eigenvalue weighted by molar-refractivity contribution is -0.109. The van der Waals surface area contributed by atoms with E-state index in [1.54, 1.807) is 0 Å². The number of nitrogens with one attached hydrogen (secondary N) is 1. The highest BCUT2D eigenvalue weighted by molar-refractivity contribution is 5.45. The first-order valence-electron chi connectivity index (χ1n) is 3.12. The van der Waals surface area contributed by atoms with Crippen LogP contribution in [0.25, 0.3) is 0 Å². The number of aryl methyl sites for hydroxylation is 1. The van der Waals surface area contributed by atoms with Gasteiger partial charge < -0.3 is 9.88 Å². The van der Waals surface area contributed by atoms with Gasteiger partial charge in [-0.3, -0.25) is 4.79 Å². The van der Waals surface area contributed by atoms with E-state index in [4.69, 9.17) is 0 Å². The lowest BCUT2D eigenvalue weighted by atomic mass is 10.4. The second-order valence-corrected chi connectivity index (χ2v) is 2.11. The Morgan fingerprint density at radius 3 is 3.10 bits per heavy atom. The molecule has 0 radical (unpaired) electrons. The minimum atomic E-state index is 0.604. The Balaban J connectivity index is 2.56. The summed E-state index contributed by atoms with van der Waals surface area (Å²) in [6.45, 7) is 0.604. The number of amides is 1. The van der Waals surface area contributed by atoms with Gasteiger partial charge in [-0.1, -0.05) is 0 Å². The van der Waals surface area contributed by atoms with Crippen LogP contribution in [0.5, 0.6) is 0 Å². The molecule has 1 rings (SSSR count). The molecule has 0 aliphatic rings. The van der Waals surface area contributed by atoms with Crippen molar-refractivity contribution in [2.45, 2.75) is 6.54 Å². The fourth-order valence-corrected chi connectivity index (χ4v) is 0.826. The first-order valence-corrected chi connectivity index (χ1v) is 3.12. The van der Waals surface area contributed by atoms with Gasteiger partial charge in [0.25, 0.3) is 0 Å². The normalized spacial score (nSPS) is 9.30. The van der Waals surface area contributed by atoms with Crippen LogP contribution in [-0.2, 0) is 18.4 Å². The molecule has 0 aliphatic carbocycles. The Bertz CT molecular complexity index is 217. The molecule has 1 amide bonds. The summed E-state index contributed by atoms with van der Waals surface area (Å²) in [4.78, 5) is 9.89. The molecule has 0 aromatic carbocycles. The van der Waals surface area contributed by atoms with Crippen LogP contribution >= 0.6 is 0 Å². The molecule has 0 fully saturated rings. The SMILES string of the molecule is Cn1cccc1CNC=O. The van der Waals surface area contributed by atoms with Gasteiger partial charge >= 0.3 is 0 Å². The predicted octanol–water partition coefficient (Wildman–Crippen LogP) is 0.271. The summed E-state index contributed by atoms with van der Waals surface area (Å²) in [7, 11) is 1.95. The van der Waals surface area contributed by atoms with Crippen molar-refractivity contribution in [2.24, 2.45) is 7.05 Å². The zero-order valence-electron chi connectivity index (χ0n) is 5.87. The van der Waals surface area contributed by atoms with E-state index in [0.29, 0.717) is 13.0 Å². The fourth-order valence-electron chi connectivity index (χ4n) is 0.826. The minimum Gasteiger partial charge on any atom is -0.353 e. The highest BCUT2D eigenvalue weighted by Gasteiger charge is 1.92. The van der Waals surface area contributed by atoms with Gasteiger partial charge in [-0.25, -0.2) is 0 Å². The zero-order valence-corrected chi connectivity index (χ0v) is 5.87. The summed E-state index contributed by atoms with van der Waals surface area (Å²) >= 11 is 0. The largest absolute Gasteiger partial charge is 0.353 e. The quantitative estimate of drug-likeness (QED) is 0.598. The molecule has 1 aromatic heterocycles. The van der Waals surface area contributed by atoms with Gasteiger partial charge in [0.2, 0.25) is 6.41 Å². The third-order valence-corrected chi connectivity index (χ3v) is 1.42. The van der Waals surface area contributed by atoms with Crippen molar-refractivity contribution in [3.05, 3.63) is 24.0 Å². The molecule has 0 aliphatic heterocycles. The van der Waals surface area contributed by atoms with Crippen molar-refractivity contribution in [1.82, 2.24) is 9.88 Å². The highest BCUT2D eigenvalue weighted by Crippen LogP contribution is 1.97. The number of rotatable bonds is 3. The van der Waals surface area contributed by atoms with Crippen LogP contribution < -0.4 is 5.32 Å². The van der Waals surface area contributed by atoms with Crippen molar-refractivity contribution in [3.8, 4) is 0 Å². The zero-order chi connectivity index (χ0) is 7.40. The van der Waals surface area contributed by atoms with E-state index in [1.807, 2.05) is 29.9 Å². The van der Waals surface area contributed by atoms with Gasteiger partial charge in [0, 0.05) is 18.9 Å². The molecule has 0 spiro atoms. The Morgan fingerprint density at radius 1 is 1.80 bits per heavy atom. The summed E-state index contributed by atoms with van der Waals surface area (Å²) in [5.41, 5.74) is 1.10. The Morgan fingerprint density at radius 2 is 2.60 bits per heavy atom. The molecule has 3 heteroatoms. The van der Waals surface area contributed by atoms with Gasteiger partial charge in [0.1, 0.15) is 0 Å². The first kappa shape index (κ1) is 6.86. The topological polar surface area (TPSA) is 34.0 Å². The summed E-state index contributed by atoms with van der Waals surface area (Å²) in [5.74, 6) is 0. The highest BCUT2D eigenvalue weighted by atomic mass is 16.1. The molecule has 1 aromatic rings. The van der Waals surface area contributed by atoms with Crippen LogP contribution in [0, 0.1) is 0 Å². The van der Waals surface area contributed by atoms with Crippen LogP contribution in [0.2, 0.25) is 0 Å². The van der Waals surface area contributed by atoms with Crippen molar-refractivity contribution in [1.29, 1.82) is 0 Å². The predicted molar refractivity (Wildman–Crippen MR) is 38.3 cm³/mol. The Labute approximate surface area is 59.7 Å². The average molecular weight is 138 g/mol. The van der Waals surface area contributed by atoms with E-state index in [1.165, 1.54) is 0 Å². The summed E-state index contributed by atoms with van der Waals surface area (Å²) < 4.78 is 1.97. The molecule has 0 saturated carbocycles. The second-order valence-electron chi connectivity index (χ2n) is 2.11. The molecular weight excluding hydrogens is 128 g/mol. The Kier molecular flexibility index (Phi) is 2.10. The lowest BCUT2D eigenvalue weighted by Crippen LogP contribution is -2.12. The molecule has 3 nitrogen and oxygen atoms in total. The van der Waals surface area contributed by atoms with Gasteiger partial charge in [0.05, 0.1) is 6.54 Å². The van der Waals surface area contributed by atoms with Crippen molar-refractivity contribution in [3.63, 3.8) is 0 Å². The number of carbonyl (C=O) groups excluding carboxylic acids is 1. The minimum absolute atomic E-state index is 0.604. The first-order chi connectivity index (χ1) is 4.84. The number of aromatic nitrogens is 1. The van der Waals surface area contributed by atoms with Crippen LogP contribution in [0.15, 0.2) is 18.3 Å². The van der Waals surface area contributed by atoms with Crippen LogP contribution in [0.3, 0.4) is 0 Å². The number of carbonyl (C=O) groups is 1. The number of hydrogen-bond donors (Lipinski definition) is 1. The molecule has 1 heterocycles. The number of hydrogen-bond acceptors (Lipinski definition) is 1. The Hall–Kier alpha value is -1.25. The smallest absolute Gasteiger partial charge is 0.207 e. The van der Waals surface area contributed by atoms with Gasteiger partial charge in [-0.2, -0.15) is 0 Å². The molecule has 1 N–H and O–H groups in total. The van der Waals surface area contributed by atoms with Crippen molar-refractivity contribution < 1.29 is 4.79 Å². The summed E-state index contributed by atoms with van der Waals surface area (Å²) in [5, 5.41) is 2.59. The third kappa shape index (κ3) is 1.37. The summed E-state index contributed by atoms with van der Waals surface area (Å²) in [6, 6.07) is 3.91. The van der Waals surface area contributed by atoms with Gasteiger partial charge in [-0.05, 0) is 12.1 Å². The maximum Gasteiger partial charge on any atom is 0.207 e. The van der Waals surface area contributed by atoms with E-state index >= 15 is 0 Å². The molecule has 0 saturated heterocycles. The van der Waals surface area contributed by atoms with Gasteiger partial charge in [-0.15, -0.1) is 0 Å². The molecule has 10 heavy (non-hydrogen) atoms.